The summed E-state index contributed by atoms with van der Waals surface area (Å²) in [7, 11) is 2.81. The lowest BCUT2D eigenvalue weighted by Gasteiger charge is -2.10. The van der Waals surface area contributed by atoms with E-state index >= 15 is 0 Å². The minimum absolute atomic E-state index is 0.0845. The first-order chi connectivity index (χ1) is 16.3. The number of hydrogen-bond donors (Lipinski definition) is 1. The van der Waals surface area contributed by atoms with Gasteiger partial charge in [0.2, 0.25) is 0 Å². The zero-order valence-electron chi connectivity index (χ0n) is 18.4. The van der Waals surface area contributed by atoms with Crippen LogP contribution in [0.3, 0.4) is 0 Å². The summed E-state index contributed by atoms with van der Waals surface area (Å²) in [6.45, 7) is -0.872. The standard InChI is InChI=1S/C23H21N5O6/c1-26-21-20(22(31)27(2)23(26)32)28(14-24-21)12-19(30)33-13-18(29)25-15-7-6-10-17(11-15)34-16-8-4-3-5-9-16/h3-11,14H,12-13H2,1-2H3,(H,25,29). The van der Waals surface area contributed by atoms with Crippen LogP contribution in [0.15, 0.2) is 70.5 Å². The topological polar surface area (TPSA) is 126 Å². The molecule has 1 N–H and O–H groups in total. The maximum absolute atomic E-state index is 12.4. The summed E-state index contributed by atoms with van der Waals surface area (Å²) in [5, 5.41) is 2.64. The summed E-state index contributed by atoms with van der Waals surface area (Å²) >= 11 is 0. The summed E-state index contributed by atoms with van der Waals surface area (Å²) in [4.78, 5) is 53.0. The van der Waals surface area contributed by atoms with Gasteiger partial charge in [-0.15, -0.1) is 0 Å². The molecular formula is C23H21N5O6. The number of anilines is 1. The molecule has 0 saturated heterocycles. The molecule has 34 heavy (non-hydrogen) atoms. The molecule has 2 aromatic heterocycles. The number of esters is 1. The van der Waals surface area contributed by atoms with Gasteiger partial charge < -0.3 is 19.4 Å². The van der Waals surface area contributed by atoms with Crippen LogP contribution >= 0.6 is 0 Å². The summed E-state index contributed by atoms with van der Waals surface area (Å²) < 4.78 is 14.2. The fourth-order valence-corrected chi connectivity index (χ4v) is 3.31. The van der Waals surface area contributed by atoms with Crippen molar-refractivity contribution in [2.75, 3.05) is 11.9 Å². The average Bonchev–Trinajstić information content (AvgIpc) is 3.24. The summed E-state index contributed by atoms with van der Waals surface area (Å²) in [6, 6.07) is 16.0. The molecule has 0 atom stereocenters. The number of aryl methyl sites for hydroxylation is 1. The highest BCUT2D eigenvalue weighted by atomic mass is 16.5. The van der Waals surface area contributed by atoms with Crippen LogP contribution in [0.25, 0.3) is 11.2 Å². The van der Waals surface area contributed by atoms with Gasteiger partial charge in [-0.1, -0.05) is 24.3 Å². The molecule has 0 aliphatic heterocycles. The Kier molecular flexibility index (Phi) is 6.26. The van der Waals surface area contributed by atoms with Crippen molar-refractivity contribution in [2.24, 2.45) is 14.1 Å². The van der Waals surface area contributed by atoms with Crippen molar-refractivity contribution in [2.45, 2.75) is 6.54 Å². The minimum Gasteiger partial charge on any atom is -0.457 e. The first kappa shape index (κ1) is 22.5. The zero-order chi connectivity index (χ0) is 24.2. The van der Waals surface area contributed by atoms with E-state index in [0.717, 1.165) is 4.57 Å². The van der Waals surface area contributed by atoms with Crippen molar-refractivity contribution in [3.05, 3.63) is 81.8 Å². The number of nitrogens with one attached hydrogen (secondary N) is 1. The van der Waals surface area contributed by atoms with E-state index in [0.29, 0.717) is 17.2 Å². The fraction of sp³-hybridized carbons (Fsp3) is 0.174. The molecule has 4 rings (SSSR count). The van der Waals surface area contributed by atoms with Gasteiger partial charge in [0.05, 0.1) is 6.33 Å². The maximum atomic E-state index is 12.4. The normalized spacial score (nSPS) is 10.8. The van der Waals surface area contributed by atoms with E-state index in [-0.39, 0.29) is 17.7 Å². The Hall–Kier alpha value is -4.67. The Morgan fingerprint density at radius 3 is 2.47 bits per heavy atom. The first-order valence-corrected chi connectivity index (χ1v) is 10.2. The number of rotatable bonds is 7. The summed E-state index contributed by atoms with van der Waals surface area (Å²) in [5.41, 5.74) is -0.407. The van der Waals surface area contributed by atoms with Crippen LogP contribution in [0, 0.1) is 0 Å². The monoisotopic (exact) mass is 463 g/mol. The maximum Gasteiger partial charge on any atom is 0.332 e. The van der Waals surface area contributed by atoms with E-state index in [4.69, 9.17) is 9.47 Å². The quantitative estimate of drug-likeness (QED) is 0.411. The van der Waals surface area contributed by atoms with E-state index in [2.05, 4.69) is 10.3 Å². The third kappa shape index (κ3) is 4.72. The fourth-order valence-electron chi connectivity index (χ4n) is 3.31. The Labute approximate surface area is 192 Å². The second-order valence-electron chi connectivity index (χ2n) is 7.40. The number of imidazole rings is 1. The van der Waals surface area contributed by atoms with Crippen LogP contribution < -0.4 is 21.3 Å². The molecule has 0 aliphatic carbocycles. The smallest absolute Gasteiger partial charge is 0.332 e. The van der Waals surface area contributed by atoms with Gasteiger partial charge in [0.25, 0.3) is 11.5 Å². The van der Waals surface area contributed by atoms with Crippen LogP contribution in [-0.2, 0) is 35.0 Å². The van der Waals surface area contributed by atoms with Crippen molar-refractivity contribution in [3.8, 4) is 11.5 Å². The Balaban J connectivity index is 1.36. The van der Waals surface area contributed by atoms with Gasteiger partial charge in [-0.05, 0) is 24.3 Å². The predicted molar refractivity (Wildman–Crippen MR) is 123 cm³/mol. The van der Waals surface area contributed by atoms with E-state index in [1.165, 1.54) is 29.6 Å². The lowest BCUT2D eigenvalue weighted by Crippen LogP contribution is -2.37. The average molecular weight is 463 g/mol. The van der Waals surface area contributed by atoms with Crippen LogP contribution in [0.2, 0.25) is 0 Å². The van der Waals surface area contributed by atoms with E-state index in [9.17, 15) is 19.2 Å². The molecular weight excluding hydrogens is 442 g/mol. The third-order valence-corrected chi connectivity index (χ3v) is 4.98. The van der Waals surface area contributed by atoms with Crippen molar-refractivity contribution < 1.29 is 19.1 Å². The number of hydrogen-bond acceptors (Lipinski definition) is 7. The van der Waals surface area contributed by atoms with Gasteiger partial charge in [-0.2, -0.15) is 0 Å². The highest BCUT2D eigenvalue weighted by Gasteiger charge is 2.17. The molecule has 174 valence electrons. The number of benzene rings is 2. The molecule has 0 bridgehead atoms. The van der Waals surface area contributed by atoms with Crippen LogP contribution in [0.5, 0.6) is 11.5 Å². The number of aromatic nitrogens is 4. The first-order valence-electron chi connectivity index (χ1n) is 10.2. The highest BCUT2D eigenvalue weighted by molar-refractivity contribution is 5.93. The number of amides is 1. The van der Waals surface area contributed by atoms with Gasteiger partial charge in [0.1, 0.15) is 18.0 Å². The van der Waals surface area contributed by atoms with Gasteiger partial charge in [-0.25, -0.2) is 9.78 Å². The minimum atomic E-state index is -0.744. The van der Waals surface area contributed by atoms with Crippen LogP contribution in [-0.4, -0.2) is 37.2 Å². The second-order valence-corrected chi connectivity index (χ2v) is 7.40. The Morgan fingerprint density at radius 2 is 1.71 bits per heavy atom. The molecule has 2 heterocycles. The van der Waals surface area contributed by atoms with Gasteiger partial charge >= 0.3 is 11.7 Å². The van der Waals surface area contributed by atoms with Crippen molar-refractivity contribution >= 4 is 28.7 Å². The summed E-state index contributed by atoms with van der Waals surface area (Å²) in [5.74, 6) is -0.101. The highest BCUT2D eigenvalue weighted by Crippen LogP contribution is 2.23. The van der Waals surface area contributed by atoms with Crippen LogP contribution in [0.4, 0.5) is 5.69 Å². The Bertz CT molecular complexity index is 1490. The molecule has 11 heteroatoms. The van der Waals surface area contributed by atoms with Gasteiger partial charge in [0.15, 0.2) is 17.8 Å². The molecule has 1 amide bonds. The number of nitrogens with zero attached hydrogens (tertiary/aromatic N) is 4. The Morgan fingerprint density at radius 1 is 0.971 bits per heavy atom. The van der Waals surface area contributed by atoms with Crippen LogP contribution in [0.1, 0.15) is 0 Å². The van der Waals surface area contributed by atoms with Gasteiger partial charge in [0, 0.05) is 25.8 Å². The lowest BCUT2D eigenvalue weighted by atomic mass is 10.3. The second kappa shape index (κ2) is 9.45. The van der Waals surface area contributed by atoms with Crippen molar-refractivity contribution in [1.82, 2.24) is 18.7 Å². The number of para-hydroxylation sites is 1. The molecule has 2 aromatic carbocycles. The molecule has 0 unspecified atom stereocenters. The largest absolute Gasteiger partial charge is 0.457 e. The van der Waals surface area contributed by atoms with Gasteiger partial charge in [-0.3, -0.25) is 23.5 Å². The number of carbonyl (C=O) groups excluding carboxylic acids is 2. The van der Waals surface area contributed by atoms with E-state index in [1.807, 2.05) is 30.3 Å². The molecule has 11 nitrogen and oxygen atoms in total. The molecule has 0 spiro atoms. The SMILES string of the molecule is Cn1c(=O)c2c(ncn2CC(=O)OCC(=O)Nc2cccc(Oc3ccccc3)c2)n(C)c1=O. The molecule has 4 aromatic rings. The summed E-state index contributed by atoms with van der Waals surface area (Å²) in [6.07, 6.45) is 1.27. The molecule has 0 aliphatic rings. The molecule has 0 radical (unpaired) electrons. The van der Waals surface area contributed by atoms with Crippen molar-refractivity contribution in [1.29, 1.82) is 0 Å². The van der Waals surface area contributed by atoms with Crippen molar-refractivity contribution in [3.63, 3.8) is 0 Å². The van der Waals surface area contributed by atoms with E-state index < -0.39 is 29.7 Å². The number of ether oxygens (including phenoxy) is 2. The number of fused-ring (bicyclic) bond motifs is 1. The predicted octanol–water partition coefficient (Wildman–Crippen LogP) is 1.41. The third-order valence-electron chi connectivity index (χ3n) is 4.98. The number of carbonyl (C=O) groups is 2. The molecule has 0 saturated carbocycles. The molecule has 0 fully saturated rings. The zero-order valence-corrected chi connectivity index (χ0v) is 18.4. The van der Waals surface area contributed by atoms with E-state index in [1.54, 1.807) is 24.3 Å². The lowest BCUT2D eigenvalue weighted by molar-refractivity contribution is -0.147.